The van der Waals surface area contributed by atoms with Gasteiger partial charge < -0.3 is 13.8 Å². The average Bonchev–Trinajstić information content (AvgIpc) is 1.89. The van der Waals surface area contributed by atoms with Gasteiger partial charge in [0.25, 0.3) is 0 Å². The molecule has 2 unspecified atom stereocenters. The third kappa shape index (κ3) is 2.79. The maximum Gasteiger partial charge on any atom is 0.0367 e. The van der Waals surface area contributed by atoms with Crippen LogP contribution < -0.4 is 0 Å². The van der Waals surface area contributed by atoms with Crippen molar-refractivity contribution in [2.24, 2.45) is 16.8 Å². The molecular formula is C8H13NY-2. The van der Waals surface area contributed by atoms with Crippen LogP contribution in [0.5, 0.6) is 0 Å². The number of nitrogens with zero attached hydrogens (tertiary/aromatic N) is 1. The minimum absolute atomic E-state index is 0. The Labute approximate surface area is 88.6 Å². The molecule has 2 heteroatoms. The number of aliphatic imine (C=N–C) groups is 1. The molecule has 2 atom stereocenters. The zero-order valence-corrected chi connectivity index (χ0v) is 9.13. The molecule has 0 aliphatic carbocycles. The van der Waals surface area contributed by atoms with Crippen molar-refractivity contribution in [3.05, 3.63) is 13.8 Å². The Morgan fingerprint density at radius 1 is 1.60 bits per heavy atom. The van der Waals surface area contributed by atoms with E-state index in [-0.39, 0.29) is 32.7 Å². The van der Waals surface area contributed by atoms with Gasteiger partial charge in [-0.3, -0.25) is 4.99 Å². The van der Waals surface area contributed by atoms with Gasteiger partial charge in [-0.25, -0.2) is 0 Å². The van der Waals surface area contributed by atoms with Crippen molar-refractivity contribution in [2.45, 2.75) is 12.8 Å². The van der Waals surface area contributed by atoms with Crippen LogP contribution in [0.2, 0.25) is 0 Å². The Morgan fingerprint density at radius 2 is 2.30 bits per heavy atom. The molecule has 0 bridgehead atoms. The zero-order chi connectivity index (χ0) is 6.69. The maximum absolute atomic E-state index is 4.17. The molecular weight excluding hydrogens is 199 g/mol. The predicted octanol–water partition coefficient (Wildman–Crippen LogP) is 1.75. The molecule has 0 spiro atoms. The average molecular weight is 212 g/mol. The second kappa shape index (κ2) is 5.43. The van der Waals surface area contributed by atoms with Crippen molar-refractivity contribution >= 4 is 6.21 Å². The second-order valence-corrected chi connectivity index (χ2v) is 2.59. The second-order valence-electron chi connectivity index (χ2n) is 2.59. The topological polar surface area (TPSA) is 12.4 Å². The van der Waals surface area contributed by atoms with E-state index < -0.39 is 0 Å². The summed E-state index contributed by atoms with van der Waals surface area (Å²) in [6.07, 6.45) is 4.00. The Bertz CT molecular complexity index is 112. The van der Waals surface area contributed by atoms with Crippen molar-refractivity contribution in [3.63, 3.8) is 0 Å². The first kappa shape index (κ1) is 10.8. The number of hydrogen-bond donors (Lipinski definition) is 0. The fourth-order valence-corrected chi connectivity index (χ4v) is 1.09. The molecule has 0 aromatic carbocycles. The maximum atomic E-state index is 4.17. The van der Waals surface area contributed by atoms with E-state index in [1.54, 1.807) is 0 Å². The van der Waals surface area contributed by atoms with Crippen molar-refractivity contribution in [1.82, 2.24) is 0 Å². The van der Waals surface area contributed by atoms with Gasteiger partial charge in [-0.05, 0) is 12.6 Å². The largest absolute Gasteiger partial charge is 0.343 e. The van der Waals surface area contributed by atoms with Gasteiger partial charge in [0.1, 0.15) is 0 Å². The summed E-state index contributed by atoms with van der Waals surface area (Å²) < 4.78 is 0. The zero-order valence-electron chi connectivity index (χ0n) is 6.29. The van der Waals surface area contributed by atoms with Gasteiger partial charge in [0.15, 0.2) is 0 Å². The van der Waals surface area contributed by atoms with Crippen LogP contribution >= 0.6 is 0 Å². The first-order valence-electron chi connectivity index (χ1n) is 3.45. The van der Waals surface area contributed by atoms with E-state index in [1.165, 1.54) is 0 Å². The smallest absolute Gasteiger partial charge is 0.0367 e. The third-order valence-corrected chi connectivity index (χ3v) is 1.91. The van der Waals surface area contributed by atoms with Crippen LogP contribution in [0, 0.1) is 25.7 Å². The molecule has 0 fully saturated rings. The SMILES string of the molecule is [CH2-]CC1CN=CCC1[CH2-].[Y]. The third-order valence-electron chi connectivity index (χ3n) is 1.91. The van der Waals surface area contributed by atoms with E-state index in [9.17, 15) is 0 Å². The predicted molar refractivity (Wildman–Crippen MR) is 40.3 cm³/mol. The summed E-state index contributed by atoms with van der Waals surface area (Å²) in [5.41, 5.74) is 0. The summed E-state index contributed by atoms with van der Waals surface area (Å²) in [6.45, 7) is 8.81. The van der Waals surface area contributed by atoms with Crippen molar-refractivity contribution in [1.29, 1.82) is 0 Å². The normalized spacial score (nSPS) is 31.4. The van der Waals surface area contributed by atoms with Gasteiger partial charge in [0.2, 0.25) is 0 Å². The molecule has 0 aromatic rings. The van der Waals surface area contributed by atoms with Crippen LogP contribution in [0.25, 0.3) is 0 Å². The molecule has 0 N–H and O–H groups in total. The van der Waals surface area contributed by atoms with E-state index in [4.69, 9.17) is 0 Å². The molecule has 0 saturated heterocycles. The molecule has 1 aliphatic heterocycles. The fraction of sp³-hybridized carbons (Fsp3) is 0.625. The monoisotopic (exact) mass is 212 g/mol. The molecule has 1 nitrogen and oxygen atoms in total. The van der Waals surface area contributed by atoms with Crippen LogP contribution in [-0.2, 0) is 32.7 Å². The Morgan fingerprint density at radius 3 is 2.70 bits per heavy atom. The quantitative estimate of drug-likeness (QED) is 0.587. The van der Waals surface area contributed by atoms with Crippen molar-refractivity contribution in [3.8, 4) is 0 Å². The van der Waals surface area contributed by atoms with Gasteiger partial charge in [-0.15, -0.1) is 0 Å². The van der Waals surface area contributed by atoms with Gasteiger partial charge in [0, 0.05) is 39.3 Å². The standard InChI is InChI=1S/C8H13N.Y/c1-3-8-6-9-5-4-7(8)2;/h5,7-8H,1-4,6H2;/q-2;. The first-order chi connectivity index (χ1) is 4.34. The number of hydrogen-bond acceptors (Lipinski definition) is 1. The molecule has 55 valence electrons. The van der Waals surface area contributed by atoms with E-state index in [0.29, 0.717) is 11.8 Å². The van der Waals surface area contributed by atoms with Gasteiger partial charge in [-0.1, -0.05) is 5.92 Å². The molecule has 1 radical (unpaired) electrons. The van der Waals surface area contributed by atoms with E-state index in [1.807, 2.05) is 6.21 Å². The van der Waals surface area contributed by atoms with Gasteiger partial charge in [-0.2, -0.15) is 12.3 Å². The van der Waals surface area contributed by atoms with Crippen molar-refractivity contribution < 1.29 is 32.7 Å². The Balaban J connectivity index is 0.000000810. The molecule has 10 heavy (non-hydrogen) atoms. The van der Waals surface area contributed by atoms with E-state index >= 15 is 0 Å². The van der Waals surface area contributed by atoms with E-state index in [0.717, 1.165) is 19.4 Å². The Kier molecular flexibility index (Phi) is 5.85. The summed E-state index contributed by atoms with van der Waals surface area (Å²) in [5, 5.41) is 0. The van der Waals surface area contributed by atoms with Crippen LogP contribution in [0.4, 0.5) is 0 Å². The van der Waals surface area contributed by atoms with Crippen LogP contribution in [-0.4, -0.2) is 12.8 Å². The van der Waals surface area contributed by atoms with Gasteiger partial charge >= 0.3 is 0 Å². The first-order valence-corrected chi connectivity index (χ1v) is 3.45. The van der Waals surface area contributed by atoms with Crippen LogP contribution in [0.15, 0.2) is 4.99 Å². The van der Waals surface area contributed by atoms with Gasteiger partial charge in [0.05, 0.1) is 0 Å². The van der Waals surface area contributed by atoms with E-state index in [2.05, 4.69) is 18.8 Å². The van der Waals surface area contributed by atoms with Crippen LogP contribution in [0.3, 0.4) is 0 Å². The summed E-state index contributed by atoms with van der Waals surface area (Å²) in [7, 11) is 0. The fourth-order valence-electron chi connectivity index (χ4n) is 1.09. The summed E-state index contributed by atoms with van der Waals surface area (Å²) in [6, 6.07) is 0. The minimum atomic E-state index is 0. The molecule has 0 saturated carbocycles. The summed E-state index contributed by atoms with van der Waals surface area (Å²) >= 11 is 0. The molecule has 0 amide bonds. The Hall–Kier alpha value is 0.774. The minimum Gasteiger partial charge on any atom is -0.343 e. The molecule has 0 aromatic heterocycles. The summed E-state index contributed by atoms with van der Waals surface area (Å²) in [5.74, 6) is 1.19. The van der Waals surface area contributed by atoms with Crippen LogP contribution in [0.1, 0.15) is 12.8 Å². The molecule has 1 aliphatic rings. The number of rotatable bonds is 1. The molecule has 1 rings (SSSR count). The van der Waals surface area contributed by atoms with Crippen molar-refractivity contribution in [2.75, 3.05) is 6.54 Å². The summed E-state index contributed by atoms with van der Waals surface area (Å²) in [4.78, 5) is 4.17. The molecule has 1 heterocycles.